The second-order valence-corrected chi connectivity index (χ2v) is 16.0. The lowest BCUT2D eigenvalue weighted by Gasteiger charge is -2.38. The van der Waals surface area contributed by atoms with Gasteiger partial charge in [-0.05, 0) is 63.9 Å². The standard InChI is InChI=1S/C25H40N2O5Si/c1-24(2,3)32-21(28)16-26-22(29)20-15-14-19(17-31-33(7,8)25(4,5)6)27(20)23(30)18-12-10-9-11-13-18/h9-13,19-20H,14-17H2,1-8H3,(H,26,29)/t19-,20-/m1/s1. The van der Waals surface area contributed by atoms with Gasteiger partial charge in [-0.2, -0.15) is 0 Å². The number of ether oxygens (including phenoxy) is 1. The van der Waals surface area contributed by atoms with Crippen LogP contribution in [-0.4, -0.2) is 61.8 Å². The molecule has 1 aliphatic heterocycles. The summed E-state index contributed by atoms with van der Waals surface area (Å²) in [5.74, 6) is -1.05. The van der Waals surface area contributed by atoms with E-state index >= 15 is 0 Å². The second kappa shape index (κ2) is 10.4. The minimum absolute atomic E-state index is 0.0457. The van der Waals surface area contributed by atoms with Crippen LogP contribution in [-0.2, 0) is 18.8 Å². The first-order chi connectivity index (χ1) is 15.1. The molecular formula is C25H40N2O5Si. The predicted molar refractivity (Wildman–Crippen MR) is 131 cm³/mol. The number of rotatable bonds is 7. The number of hydrogen-bond donors (Lipinski definition) is 1. The van der Waals surface area contributed by atoms with E-state index in [1.807, 2.05) is 18.2 Å². The van der Waals surface area contributed by atoms with E-state index in [1.165, 1.54) is 0 Å². The highest BCUT2D eigenvalue weighted by atomic mass is 28.4. The Balaban J connectivity index is 2.17. The van der Waals surface area contributed by atoms with Gasteiger partial charge in [-0.3, -0.25) is 14.4 Å². The maximum absolute atomic E-state index is 13.4. The van der Waals surface area contributed by atoms with E-state index in [0.29, 0.717) is 25.0 Å². The highest BCUT2D eigenvalue weighted by molar-refractivity contribution is 6.74. The van der Waals surface area contributed by atoms with Crippen molar-refractivity contribution in [2.75, 3.05) is 13.2 Å². The van der Waals surface area contributed by atoms with Crippen molar-refractivity contribution in [1.29, 1.82) is 0 Å². The number of nitrogens with one attached hydrogen (secondary N) is 1. The van der Waals surface area contributed by atoms with E-state index in [2.05, 4.69) is 39.2 Å². The van der Waals surface area contributed by atoms with Gasteiger partial charge in [0.15, 0.2) is 8.32 Å². The molecule has 33 heavy (non-hydrogen) atoms. The lowest BCUT2D eigenvalue weighted by atomic mass is 10.1. The first-order valence-electron chi connectivity index (χ1n) is 11.6. The monoisotopic (exact) mass is 476 g/mol. The topological polar surface area (TPSA) is 84.9 Å². The Morgan fingerprint density at radius 2 is 1.64 bits per heavy atom. The Hall–Kier alpha value is -2.19. The largest absolute Gasteiger partial charge is 0.459 e. The summed E-state index contributed by atoms with van der Waals surface area (Å²) in [7, 11) is -2.02. The average molecular weight is 477 g/mol. The van der Waals surface area contributed by atoms with Crippen molar-refractivity contribution < 1.29 is 23.5 Å². The molecule has 0 spiro atoms. The van der Waals surface area contributed by atoms with Crippen LogP contribution >= 0.6 is 0 Å². The molecule has 1 N–H and O–H groups in total. The summed E-state index contributed by atoms with van der Waals surface area (Å²) < 4.78 is 11.7. The fraction of sp³-hybridized carbons (Fsp3) is 0.640. The van der Waals surface area contributed by atoms with Crippen molar-refractivity contribution in [1.82, 2.24) is 10.2 Å². The summed E-state index contributed by atoms with van der Waals surface area (Å²) >= 11 is 0. The molecule has 184 valence electrons. The van der Waals surface area contributed by atoms with Gasteiger partial charge >= 0.3 is 5.97 Å². The Morgan fingerprint density at radius 1 is 1.03 bits per heavy atom. The molecule has 7 nitrogen and oxygen atoms in total. The first kappa shape index (κ1) is 27.1. The molecule has 0 aliphatic carbocycles. The Kier molecular flexibility index (Phi) is 8.51. The number of esters is 1. The Morgan fingerprint density at radius 3 is 2.18 bits per heavy atom. The number of carbonyl (C=O) groups excluding carboxylic acids is 3. The number of hydrogen-bond acceptors (Lipinski definition) is 5. The molecule has 0 radical (unpaired) electrons. The van der Waals surface area contributed by atoms with Crippen LogP contribution in [0.1, 0.15) is 64.7 Å². The summed E-state index contributed by atoms with van der Waals surface area (Å²) in [4.78, 5) is 40.2. The molecule has 1 aromatic carbocycles. The van der Waals surface area contributed by atoms with E-state index in [1.54, 1.807) is 37.8 Å². The highest BCUT2D eigenvalue weighted by Gasteiger charge is 2.44. The fourth-order valence-corrected chi connectivity index (χ4v) is 4.56. The molecule has 1 aliphatic rings. The zero-order valence-corrected chi connectivity index (χ0v) is 22.4. The van der Waals surface area contributed by atoms with Gasteiger partial charge in [-0.15, -0.1) is 0 Å². The number of likely N-dealkylation sites (tertiary alicyclic amines) is 1. The number of carbonyl (C=O) groups is 3. The summed E-state index contributed by atoms with van der Waals surface area (Å²) in [6.07, 6.45) is 1.18. The summed E-state index contributed by atoms with van der Waals surface area (Å²) in [5, 5.41) is 2.71. The van der Waals surface area contributed by atoms with Gasteiger partial charge in [0.2, 0.25) is 5.91 Å². The van der Waals surface area contributed by atoms with Gasteiger partial charge < -0.3 is 19.4 Å². The third-order valence-corrected chi connectivity index (χ3v) is 10.8. The molecule has 0 aromatic heterocycles. The van der Waals surface area contributed by atoms with Gasteiger partial charge in [0.1, 0.15) is 18.2 Å². The molecule has 1 saturated heterocycles. The third kappa shape index (κ3) is 7.40. The van der Waals surface area contributed by atoms with Crippen molar-refractivity contribution in [3.8, 4) is 0 Å². The summed E-state index contributed by atoms with van der Waals surface area (Å²) in [6, 6.07) is 8.11. The Bertz CT molecular complexity index is 843. The number of amides is 2. The summed E-state index contributed by atoms with van der Waals surface area (Å²) in [5.41, 5.74) is -0.0990. The zero-order chi connectivity index (χ0) is 25.0. The van der Waals surface area contributed by atoms with Crippen LogP contribution in [0, 0.1) is 0 Å². The van der Waals surface area contributed by atoms with E-state index in [9.17, 15) is 14.4 Å². The van der Waals surface area contributed by atoms with Crippen LogP contribution in [0.15, 0.2) is 30.3 Å². The molecule has 2 amide bonds. The molecule has 1 heterocycles. The fourth-order valence-electron chi connectivity index (χ4n) is 3.52. The predicted octanol–water partition coefficient (Wildman–Crippen LogP) is 4.14. The lowest BCUT2D eigenvalue weighted by molar-refractivity contribution is -0.154. The van der Waals surface area contributed by atoms with Crippen molar-refractivity contribution in [2.45, 2.75) is 90.2 Å². The minimum Gasteiger partial charge on any atom is -0.459 e. The molecule has 1 aromatic rings. The van der Waals surface area contributed by atoms with E-state index in [-0.39, 0.29) is 29.4 Å². The van der Waals surface area contributed by atoms with Crippen LogP contribution in [0.3, 0.4) is 0 Å². The molecule has 0 bridgehead atoms. The smallest absolute Gasteiger partial charge is 0.325 e. The van der Waals surface area contributed by atoms with Crippen molar-refractivity contribution >= 4 is 26.1 Å². The van der Waals surface area contributed by atoms with Gasteiger partial charge in [0.05, 0.1) is 12.6 Å². The zero-order valence-electron chi connectivity index (χ0n) is 21.4. The van der Waals surface area contributed by atoms with Crippen LogP contribution in [0.2, 0.25) is 18.1 Å². The first-order valence-corrected chi connectivity index (χ1v) is 14.5. The van der Waals surface area contributed by atoms with Gasteiger partial charge in [0.25, 0.3) is 5.91 Å². The minimum atomic E-state index is -2.02. The Labute approximate surface area is 199 Å². The van der Waals surface area contributed by atoms with Crippen molar-refractivity contribution in [3.05, 3.63) is 35.9 Å². The molecule has 0 unspecified atom stereocenters. The van der Waals surface area contributed by atoms with Gasteiger partial charge in [-0.1, -0.05) is 39.0 Å². The van der Waals surface area contributed by atoms with E-state index in [0.717, 1.165) is 0 Å². The molecule has 2 rings (SSSR count). The third-order valence-electron chi connectivity index (χ3n) is 6.33. The van der Waals surface area contributed by atoms with Crippen molar-refractivity contribution in [2.24, 2.45) is 0 Å². The van der Waals surface area contributed by atoms with E-state index in [4.69, 9.17) is 9.16 Å². The van der Waals surface area contributed by atoms with Crippen LogP contribution < -0.4 is 5.32 Å². The summed E-state index contributed by atoms with van der Waals surface area (Å²) in [6.45, 7) is 16.4. The van der Waals surface area contributed by atoms with Crippen LogP contribution in [0.5, 0.6) is 0 Å². The van der Waals surface area contributed by atoms with Crippen molar-refractivity contribution in [3.63, 3.8) is 0 Å². The van der Waals surface area contributed by atoms with Crippen LogP contribution in [0.4, 0.5) is 0 Å². The molecule has 0 saturated carbocycles. The van der Waals surface area contributed by atoms with Gasteiger partial charge in [0, 0.05) is 5.56 Å². The normalized spacial score (nSPS) is 19.3. The van der Waals surface area contributed by atoms with E-state index < -0.39 is 25.9 Å². The SMILES string of the molecule is CC(C)(C)OC(=O)CNC(=O)[C@H]1CC[C@H](CO[Si](C)(C)C(C)(C)C)N1C(=O)c1ccccc1. The quantitative estimate of drug-likeness (QED) is 0.472. The second-order valence-electron chi connectivity index (χ2n) is 11.2. The lowest BCUT2D eigenvalue weighted by Crippen LogP contribution is -2.52. The molecule has 2 atom stereocenters. The highest BCUT2D eigenvalue weighted by Crippen LogP contribution is 2.37. The maximum Gasteiger partial charge on any atom is 0.325 e. The maximum atomic E-state index is 13.4. The molecule has 1 fully saturated rings. The molecule has 8 heteroatoms. The average Bonchev–Trinajstić information content (AvgIpc) is 3.12. The van der Waals surface area contributed by atoms with Gasteiger partial charge in [-0.25, -0.2) is 0 Å². The number of nitrogens with zero attached hydrogens (tertiary/aromatic N) is 1. The number of benzene rings is 1. The van der Waals surface area contributed by atoms with Crippen LogP contribution in [0.25, 0.3) is 0 Å². The molecular weight excluding hydrogens is 436 g/mol.